The van der Waals surface area contributed by atoms with Gasteiger partial charge in [0, 0.05) is 38.8 Å². The van der Waals surface area contributed by atoms with Crippen molar-refractivity contribution in [3.05, 3.63) is 12.2 Å². The summed E-state index contributed by atoms with van der Waals surface area (Å²) in [5.74, 6) is -1.43. The van der Waals surface area contributed by atoms with Crippen LogP contribution >= 0.6 is 0 Å². The molecular formula is C13H20N2O6. The number of carbonyl (C=O) groups excluding carboxylic acids is 3. The van der Waals surface area contributed by atoms with E-state index in [0.29, 0.717) is 26.1 Å². The first-order valence-electron chi connectivity index (χ1n) is 6.53. The maximum absolute atomic E-state index is 11.8. The van der Waals surface area contributed by atoms with E-state index in [-0.39, 0.29) is 5.91 Å². The molecule has 1 saturated heterocycles. The third-order valence-corrected chi connectivity index (χ3v) is 2.85. The predicted molar refractivity (Wildman–Crippen MR) is 72.3 cm³/mol. The van der Waals surface area contributed by atoms with Crippen molar-refractivity contribution >= 4 is 17.8 Å². The van der Waals surface area contributed by atoms with Gasteiger partial charge in [0.15, 0.2) is 0 Å². The Bertz CT molecular complexity index is 409. The van der Waals surface area contributed by atoms with Crippen LogP contribution in [0.4, 0.5) is 0 Å². The molecule has 2 N–H and O–H groups in total. The van der Waals surface area contributed by atoms with E-state index in [1.54, 1.807) is 7.11 Å². The first-order valence-corrected chi connectivity index (χ1v) is 6.53. The molecule has 0 bridgehead atoms. The number of hydrogen-bond donors (Lipinski definition) is 2. The summed E-state index contributed by atoms with van der Waals surface area (Å²) in [7, 11) is 2.77. The van der Waals surface area contributed by atoms with E-state index in [0.717, 1.165) is 12.2 Å². The summed E-state index contributed by atoms with van der Waals surface area (Å²) in [6.45, 7) is 1.26. The number of amides is 1. The van der Waals surface area contributed by atoms with Gasteiger partial charge in [0.2, 0.25) is 5.91 Å². The number of carbonyl (C=O) groups is 3. The Balaban J connectivity index is 2.30. The number of methoxy groups -OCH3 is 2. The molecule has 1 heterocycles. The van der Waals surface area contributed by atoms with E-state index in [1.165, 1.54) is 7.11 Å². The van der Waals surface area contributed by atoms with Gasteiger partial charge in [-0.2, -0.15) is 0 Å². The van der Waals surface area contributed by atoms with Gasteiger partial charge >= 0.3 is 11.9 Å². The lowest BCUT2D eigenvalue weighted by Crippen LogP contribution is -2.41. The van der Waals surface area contributed by atoms with Gasteiger partial charge in [0.05, 0.1) is 19.8 Å². The lowest BCUT2D eigenvalue weighted by atomic mass is 10.2. The molecule has 0 saturated carbocycles. The van der Waals surface area contributed by atoms with Crippen molar-refractivity contribution in [2.45, 2.75) is 18.6 Å². The van der Waals surface area contributed by atoms with E-state index < -0.39 is 24.1 Å². The van der Waals surface area contributed by atoms with Crippen LogP contribution < -0.4 is 10.6 Å². The van der Waals surface area contributed by atoms with Crippen molar-refractivity contribution in [2.75, 3.05) is 33.9 Å². The van der Waals surface area contributed by atoms with Crippen LogP contribution in [0.5, 0.6) is 0 Å². The minimum absolute atomic E-state index is 0.157. The second kappa shape index (κ2) is 9.09. The Hall–Kier alpha value is -1.93. The van der Waals surface area contributed by atoms with Crippen LogP contribution in [0.25, 0.3) is 0 Å². The molecule has 8 heteroatoms. The fourth-order valence-electron chi connectivity index (χ4n) is 1.80. The Morgan fingerprint density at radius 3 is 2.62 bits per heavy atom. The average molecular weight is 300 g/mol. The molecule has 2 atom stereocenters. The molecule has 21 heavy (non-hydrogen) atoms. The van der Waals surface area contributed by atoms with E-state index >= 15 is 0 Å². The fourth-order valence-corrected chi connectivity index (χ4v) is 1.80. The van der Waals surface area contributed by atoms with Crippen LogP contribution in [0.15, 0.2) is 12.2 Å². The minimum Gasteiger partial charge on any atom is -0.466 e. The molecule has 0 aromatic carbocycles. The third kappa shape index (κ3) is 6.37. The van der Waals surface area contributed by atoms with Crippen LogP contribution in [0.3, 0.4) is 0 Å². The Morgan fingerprint density at radius 2 is 1.95 bits per heavy atom. The van der Waals surface area contributed by atoms with E-state index in [1.807, 2.05) is 0 Å². The summed E-state index contributed by atoms with van der Waals surface area (Å²) in [6.07, 6.45) is 1.96. The smallest absolute Gasteiger partial charge is 0.331 e. The molecule has 1 fully saturated rings. The number of hydrogen-bond acceptors (Lipinski definition) is 7. The summed E-state index contributed by atoms with van der Waals surface area (Å²) < 4.78 is 14.3. The van der Waals surface area contributed by atoms with Crippen LogP contribution in [0.2, 0.25) is 0 Å². The molecule has 1 aliphatic rings. The lowest BCUT2D eigenvalue weighted by Gasteiger charge is -2.11. The zero-order chi connectivity index (χ0) is 15.7. The quantitative estimate of drug-likeness (QED) is 0.344. The highest BCUT2D eigenvalue weighted by molar-refractivity contribution is 5.91. The van der Waals surface area contributed by atoms with E-state index in [4.69, 9.17) is 9.47 Å². The number of esters is 2. The highest BCUT2D eigenvalue weighted by Crippen LogP contribution is 2.11. The first kappa shape index (κ1) is 17.1. The molecular weight excluding hydrogens is 280 g/mol. The minimum atomic E-state index is -0.646. The lowest BCUT2D eigenvalue weighted by molar-refractivity contribution is -0.143. The third-order valence-electron chi connectivity index (χ3n) is 2.85. The van der Waals surface area contributed by atoms with Crippen molar-refractivity contribution in [3.63, 3.8) is 0 Å². The molecule has 118 valence electrons. The monoisotopic (exact) mass is 300 g/mol. The van der Waals surface area contributed by atoms with Crippen LogP contribution in [-0.4, -0.2) is 63.9 Å². The van der Waals surface area contributed by atoms with Crippen molar-refractivity contribution in [1.82, 2.24) is 10.6 Å². The van der Waals surface area contributed by atoms with Crippen LogP contribution in [0.1, 0.15) is 6.42 Å². The van der Waals surface area contributed by atoms with Crippen molar-refractivity contribution in [1.29, 1.82) is 0 Å². The summed E-state index contributed by atoms with van der Waals surface area (Å²) in [5.41, 5.74) is 0. The summed E-state index contributed by atoms with van der Waals surface area (Å²) in [4.78, 5) is 34.0. The van der Waals surface area contributed by atoms with Crippen molar-refractivity contribution in [3.8, 4) is 0 Å². The van der Waals surface area contributed by atoms with Gasteiger partial charge in [-0.15, -0.1) is 0 Å². The van der Waals surface area contributed by atoms with Gasteiger partial charge in [-0.3, -0.25) is 4.79 Å². The Morgan fingerprint density at radius 1 is 1.24 bits per heavy atom. The van der Waals surface area contributed by atoms with Crippen LogP contribution in [0, 0.1) is 0 Å². The first-order chi connectivity index (χ1) is 10.1. The van der Waals surface area contributed by atoms with Crippen molar-refractivity contribution in [2.24, 2.45) is 0 Å². The molecule has 0 radical (unpaired) electrons. The molecule has 0 unspecified atom stereocenters. The zero-order valence-corrected chi connectivity index (χ0v) is 12.1. The second-order valence-corrected chi connectivity index (χ2v) is 4.40. The van der Waals surface area contributed by atoms with Gasteiger partial charge in [0.1, 0.15) is 6.10 Å². The maximum Gasteiger partial charge on any atom is 0.331 e. The van der Waals surface area contributed by atoms with Crippen LogP contribution in [-0.2, 0) is 28.6 Å². The second-order valence-electron chi connectivity index (χ2n) is 4.40. The van der Waals surface area contributed by atoms with Gasteiger partial charge in [-0.05, 0) is 0 Å². The standard InChI is InChI=1S/C13H20N2O6/c1-19-6-5-14-13(18)10-7-9(8-15-10)21-12(17)4-3-11(16)20-2/h3-4,9-10,15H,5-8H2,1-2H3,(H,14,18)/b4-3+/t9-,10+/m1/s1. The normalized spacial score (nSPS) is 21.2. The zero-order valence-electron chi connectivity index (χ0n) is 12.1. The summed E-state index contributed by atoms with van der Waals surface area (Å²) >= 11 is 0. The largest absolute Gasteiger partial charge is 0.466 e. The summed E-state index contributed by atoms with van der Waals surface area (Å²) in [6, 6.07) is -0.399. The van der Waals surface area contributed by atoms with Gasteiger partial charge < -0.3 is 24.8 Å². The number of rotatable bonds is 7. The summed E-state index contributed by atoms with van der Waals surface area (Å²) in [5, 5.41) is 5.67. The topological polar surface area (TPSA) is 103 Å². The molecule has 8 nitrogen and oxygen atoms in total. The molecule has 0 spiro atoms. The average Bonchev–Trinajstić information content (AvgIpc) is 2.93. The van der Waals surface area contributed by atoms with Gasteiger partial charge in [-0.1, -0.05) is 0 Å². The predicted octanol–water partition coefficient (Wildman–Crippen LogP) is -1.25. The van der Waals surface area contributed by atoms with Gasteiger partial charge in [0.25, 0.3) is 0 Å². The Labute approximate surface area is 122 Å². The SMILES string of the molecule is COCCNC(=O)[C@@H]1C[C@@H](OC(=O)/C=C/C(=O)OC)CN1. The highest BCUT2D eigenvalue weighted by Gasteiger charge is 2.31. The molecule has 1 rings (SSSR count). The molecule has 1 amide bonds. The number of nitrogens with one attached hydrogen (secondary N) is 2. The maximum atomic E-state index is 11.8. The van der Waals surface area contributed by atoms with E-state index in [2.05, 4.69) is 15.4 Å². The molecule has 0 aromatic rings. The molecule has 0 aliphatic carbocycles. The number of ether oxygens (including phenoxy) is 3. The van der Waals surface area contributed by atoms with Crippen molar-refractivity contribution < 1.29 is 28.6 Å². The Kier molecular flexibility index (Phi) is 7.41. The molecule has 1 aliphatic heterocycles. The molecule has 0 aromatic heterocycles. The highest BCUT2D eigenvalue weighted by atomic mass is 16.5. The fraction of sp³-hybridized carbons (Fsp3) is 0.615. The van der Waals surface area contributed by atoms with E-state index in [9.17, 15) is 14.4 Å². The van der Waals surface area contributed by atoms with Gasteiger partial charge in [-0.25, -0.2) is 9.59 Å².